The van der Waals surface area contributed by atoms with Crippen molar-refractivity contribution in [2.45, 2.75) is 18.5 Å². The molecule has 0 radical (unpaired) electrons. The standard InChI is InChI=1S/C20H18FN5O2S/c1-11-9-12-16(13(21)10-11)25-20(26-18(12)27)29-8-4-7-22-19(28)17-23-14-5-2-3-6-15(14)24-17/h2-3,5-6,9-10H,4,7-8H2,1H3,(H,22,28)(H,23,24)(H,25,26,27). The smallest absolute Gasteiger partial charge is 0.287 e. The van der Waals surface area contributed by atoms with Crippen molar-refractivity contribution in [3.63, 3.8) is 0 Å². The maximum absolute atomic E-state index is 14.1. The minimum Gasteiger partial charge on any atom is -0.349 e. The number of hydrogen-bond acceptors (Lipinski definition) is 5. The molecule has 148 valence electrons. The van der Waals surface area contributed by atoms with E-state index >= 15 is 0 Å². The van der Waals surface area contributed by atoms with E-state index in [-0.39, 0.29) is 28.2 Å². The number of rotatable bonds is 6. The van der Waals surface area contributed by atoms with Gasteiger partial charge in [-0.15, -0.1) is 0 Å². The van der Waals surface area contributed by atoms with Crippen molar-refractivity contribution in [2.75, 3.05) is 12.3 Å². The quantitative estimate of drug-likeness (QED) is 0.257. The number of carbonyl (C=O) groups is 1. The summed E-state index contributed by atoms with van der Waals surface area (Å²) in [6, 6.07) is 10.4. The highest BCUT2D eigenvalue weighted by molar-refractivity contribution is 7.99. The molecule has 0 saturated heterocycles. The predicted octanol–water partition coefficient (Wildman–Crippen LogP) is 3.16. The Morgan fingerprint density at radius 1 is 1.21 bits per heavy atom. The zero-order valence-electron chi connectivity index (χ0n) is 15.6. The fourth-order valence-electron chi connectivity index (χ4n) is 2.97. The molecule has 0 aliphatic carbocycles. The van der Waals surface area contributed by atoms with E-state index in [0.717, 1.165) is 11.0 Å². The highest BCUT2D eigenvalue weighted by Gasteiger charge is 2.11. The lowest BCUT2D eigenvalue weighted by atomic mass is 10.1. The van der Waals surface area contributed by atoms with E-state index in [9.17, 15) is 14.0 Å². The maximum Gasteiger partial charge on any atom is 0.287 e. The van der Waals surface area contributed by atoms with Gasteiger partial charge in [-0.25, -0.2) is 14.4 Å². The third-order valence-corrected chi connectivity index (χ3v) is 5.30. The van der Waals surface area contributed by atoms with E-state index in [2.05, 4.69) is 25.3 Å². The van der Waals surface area contributed by atoms with Crippen LogP contribution >= 0.6 is 11.8 Å². The predicted molar refractivity (Wildman–Crippen MR) is 111 cm³/mol. The first kappa shape index (κ1) is 19.1. The number of benzene rings is 2. The summed E-state index contributed by atoms with van der Waals surface area (Å²) in [6.45, 7) is 2.17. The normalized spacial score (nSPS) is 11.2. The molecule has 29 heavy (non-hydrogen) atoms. The lowest BCUT2D eigenvalue weighted by Crippen LogP contribution is -2.25. The molecule has 0 spiro atoms. The Morgan fingerprint density at radius 3 is 2.86 bits per heavy atom. The van der Waals surface area contributed by atoms with Crippen molar-refractivity contribution in [1.29, 1.82) is 0 Å². The Hall–Kier alpha value is -3.20. The molecule has 3 N–H and O–H groups in total. The van der Waals surface area contributed by atoms with E-state index in [1.54, 1.807) is 13.0 Å². The minimum atomic E-state index is -0.508. The molecule has 0 atom stereocenters. The van der Waals surface area contributed by atoms with Gasteiger partial charge in [-0.2, -0.15) is 0 Å². The fraction of sp³-hybridized carbons (Fsp3) is 0.200. The van der Waals surface area contributed by atoms with E-state index in [1.807, 2.05) is 24.3 Å². The minimum absolute atomic E-state index is 0.0695. The first-order valence-corrected chi connectivity index (χ1v) is 10.1. The van der Waals surface area contributed by atoms with E-state index in [0.29, 0.717) is 29.4 Å². The lowest BCUT2D eigenvalue weighted by molar-refractivity contribution is 0.0944. The largest absolute Gasteiger partial charge is 0.349 e. The summed E-state index contributed by atoms with van der Waals surface area (Å²) in [5.74, 6) is 0.0829. The Kier molecular flexibility index (Phi) is 5.30. The second-order valence-electron chi connectivity index (χ2n) is 6.57. The highest BCUT2D eigenvalue weighted by Crippen LogP contribution is 2.19. The van der Waals surface area contributed by atoms with Crippen LogP contribution in [0.4, 0.5) is 4.39 Å². The van der Waals surface area contributed by atoms with Gasteiger partial charge in [0.1, 0.15) is 11.3 Å². The fourth-order valence-corrected chi connectivity index (χ4v) is 3.77. The Bertz CT molecular complexity index is 1230. The van der Waals surface area contributed by atoms with Crippen LogP contribution < -0.4 is 10.9 Å². The number of nitrogens with one attached hydrogen (secondary N) is 3. The zero-order valence-corrected chi connectivity index (χ0v) is 16.4. The van der Waals surface area contributed by atoms with Gasteiger partial charge in [0.05, 0.1) is 16.4 Å². The third-order valence-electron chi connectivity index (χ3n) is 4.34. The second kappa shape index (κ2) is 8.04. The molecule has 4 aromatic rings. The van der Waals surface area contributed by atoms with Gasteiger partial charge in [-0.1, -0.05) is 23.9 Å². The SMILES string of the molecule is Cc1cc(F)c2nc(SCCCNC(=O)c3nc4ccccc4[nH]3)[nH]c(=O)c2c1. The van der Waals surface area contributed by atoms with Crippen LogP contribution in [0.1, 0.15) is 22.6 Å². The molecular formula is C20H18FN5O2S. The zero-order chi connectivity index (χ0) is 20.4. The summed E-state index contributed by atoms with van der Waals surface area (Å²) in [5.41, 5.74) is 1.92. The average molecular weight is 411 g/mol. The Balaban J connectivity index is 1.32. The molecule has 0 fully saturated rings. The number of H-pyrrole nitrogens is 2. The molecule has 0 saturated carbocycles. The molecule has 4 rings (SSSR count). The van der Waals surface area contributed by atoms with Gasteiger partial charge in [0.25, 0.3) is 11.5 Å². The molecule has 0 aliphatic heterocycles. The molecule has 1 amide bonds. The van der Waals surface area contributed by atoms with Gasteiger partial charge in [0.2, 0.25) is 0 Å². The first-order chi connectivity index (χ1) is 14.0. The summed E-state index contributed by atoms with van der Waals surface area (Å²) in [4.78, 5) is 38.5. The topological polar surface area (TPSA) is 104 Å². The number of thioether (sulfide) groups is 1. The number of halogens is 1. The van der Waals surface area contributed by atoms with Gasteiger partial charge in [-0.05, 0) is 43.2 Å². The molecule has 2 aromatic carbocycles. The number of fused-ring (bicyclic) bond motifs is 2. The Labute approximate surface area is 169 Å². The number of carbonyl (C=O) groups excluding carboxylic acids is 1. The molecular weight excluding hydrogens is 393 g/mol. The van der Waals surface area contributed by atoms with Crippen LogP contribution in [0, 0.1) is 12.7 Å². The number of para-hydroxylation sites is 2. The number of amides is 1. The monoisotopic (exact) mass is 411 g/mol. The van der Waals surface area contributed by atoms with Crippen molar-refractivity contribution < 1.29 is 9.18 Å². The number of nitrogens with zero attached hydrogens (tertiary/aromatic N) is 2. The van der Waals surface area contributed by atoms with Crippen molar-refractivity contribution in [3.05, 3.63) is 64.0 Å². The van der Waals surface area contributed by atoms with Crippen LogP contribution in [0.5, 0.6) is 0 Å². The number of hydrogen-bond donors (Lipinski definition) is 3. The van der Waals surface area contributed by atoms with Gasteiger partial charge >= 0.3 is 0 Å². The van der Waals surface area contributed by atoms with Crippen molar-refractivity contribution >= 4 is 39.6 Å². The second-order valence-corrected chi connectivity index (χ2v) is 7.66. The Morgan fingerprint density at radius 2 is 2.03 bits per heavy atom. The molecule has 2 heterocycles. The summed E-state index contributed by atoms with van der Waals surface area (Å²) in [6.07, 6.45) is 0.648. The van der Waals surface area contributed by atoms with Crippen molar-refractivity contribution in [2.24, 2.45) is 0 Å². The molecule has 0 unspecified atom stereocenters. The molecule has 0 aliphatic rings. The number of aromatic amines is 2. The summed E-state index contributed by atoms with van der Waals surface area (Å²) >= 11 is 1.31. The van der Waals surface area contributed by atoms with Gasteiger partial charge in [0, 0.05) is 12.3 Å². The van der Waals surface area contributed by atoms with Gasteiger partial charge in [0.15, 0.2) is 11.0 Å². The first-order valence-electron chi connectivity index (χ1n) is 9.07. The van der Waals surface area contributed by atoms with E-state index < -0.39 is 5.82 Å². The summed E-state index contributed by atoms with van der Waals surface area (Å²) < 4.78 is 14.1. The van der Waals surface area contributed by atoms with Crippen LogP contribution in [0.15, 0.2) is 46.3 Å². The van der Waals surface area contributed by atoms with Crippen molar-refractivity contribution in [1.82, 2.24) is 25.3 Å². The van der Waals surface area contributed by atoms with Crippen molar-refractivity contribution in [3.8, 4) is 0 Å². The number of aryl methyl sites for hydroxylation is 1. The number of aromatic nitrogens is 4. The maximum atomic E-state index is 14.1. The van der Waals surface area contributed by atoms with E-state index in [4.69, 9.17) is 0 Å². The van der Waals surface area contributed by atoms with Gasteiger partial charge < -0.3 is 15.3 Å². The molecule has 7 nitrogen and oxygen atoms in total. The molecule has 9 heteroatoms. The van der Waals surface area contributed by atoms with Gasteiger partial charge in [-0.3, -0.25) is 9.59 Å². The van der Waals surface area contributed by atoms with Crippen LogP contribution in [-0.2, 0) is 0 Å². The summed E-state index contributed by atoms with van der Waals surface area (Å²) in [7, 11) is 0. The third kappa shape index (κ3) is 4.14. The lowest BCUT2D eigenvalue weighted by Gasteiger charge is -2.05. The van der Waals surface area contributed by atoms with Crippen LogP contribution in [-0.4, -0.2) is 38.1 Å². The van der Waals surface area contributed by atoms with Crippen LogP contribution in [0.25, 0.3) is 21.9 Å². The van der Waals surface area contributed by atoms with Crippen LogP contribution in [0.2, 0.25) is 0 Å². The van der Waals surface area contributed by atoms with Crippen LogP contribution in [0.3, 0.4) is 0 Å². The number of imidazole rings is 1. The summed E-state index contributed by atoms with van der Waals surface area (Å²) in [5, 5.41) is 3.40. The average Bonchev–Trinajstić information content (AvgIpc) is 3.13. The van der Waals surface area contributed by atoms with E-state index in [1.165, 1.54) is 17.8 Å². The highest BCUT2D eigenvalue weighted by atomic mass is 32.2. The molecule has 0 bridgehead atoms. The molecule has 2 aromatic heterocycles.